The molecule has 2 aromatic carbocycles. The molecule has 4 rings (SSSR count). The van der Waals surface area contributed by atoms with E-state index in [-0.39, 0.29) is 42.3 Å². The van der Waals surface area contributed by atoms with E-state index in [1.165, 1.54) is 12.1 Å². The molecule has 0 spiro atoms. The first-order valence-electron chi connectivity index (χ1n) is 9.51. The standard InChI is InChI=1S/C22H21FN4O3.HI/c23-16-5-1-6-18(12-16)30-21-15(4-2-9-25-21)14-26-22(24)27-17-7-8-19-20(13-17)29-11-3-10-28-19;/h1-2,4-9,12-13H,3,10-11,14H2,(H3,24,26,27);1H. The summed E-state index contributed by atoms with van der Waals surface area (Å²) in [6.07, 6.45) is 2.44. The highest BCUT2D eigenvalue weighted by Gasteiger charge is 2.11. The first-order valence-corrected chi connectivity index (χ1v) is 9.51. The maximum atomic E-state index is 13.4. The fraction of sp³-hybridized carbons (Fsp3) is 0.182. The topological polar surface area (TPSA) is 91.0 Å². The molecule has 162 valence electrons. The number of pyridine rings is 1. The molecule has 3 N–H and O–H groups in total. The van der Waals surface area contributed by atoms with Crippen LogP contribution in [0.25, 0.3) is 0 Å². The third-order valence-corrected chi connectivity index (χ3v) is 4.30. The number of rotatable bonds is 5. The van der Waals surface area contributed by atoms with Gasteiger partial charge in [0.15, 0.2) is 17.5 Å². The highest BCUT2D eigenvalue weighted by molar-refractivity contribution is 14.0. The number of aromatic nitrogens is 1. The zero-order valence-electron chi connectivity index (χ0n) is 16.6. The Labute approximate surface area is 196 Å². The molecule has 31 heavy (non-hydrogen) atoms. The third kappa shape index (κ3) is 6.20. The van der Waals surface area contributed by atoms with Crippen molar-refractivity contribution < 1.29 is 18.6 Å². The van der Waals surface area contributed by atoms with E-state index < -0.39 is 0 Å². The zero-order chi connectivity index (χ0) is 20.8. The number of nitrogens with zero attached hydrogens (tertiary/aromatic N) is 2. The van der Waals surface area contributed by atoms with Gasteiger partial charge in [-0.15, -0.1) is 24.0 Å². The molecule has 0 aliphatic carbocycles. The maximum Gasteiger partial charge on any atom is 0.224 e. The van der Waals surface area contributed by atoms with Crippen molar-refractivity contribution in [2.45, 2.75) is 13.0 Å². The second-order valence-corrected chi connectivity index (χ2v) is 6.57. The van der Waals surface area contributed by atoms with Gasteiger partial charge in [-0.05, 0) is 30.3 Å². The second kappa shape index (κ2) is 10.8. The summed E-state index contributed by atoms with van der Waals surface area (Å²) in [5.41, 5.74) is 7.49. The molecular formula is C22H22FIN4O3. The average molecular weight is 536 g/mol. The number of hydrogen-bond acceptors (Lipinski definition) is 5. The summed E-state index contributed by atoms with van der Waals surface area (Å²) in [4.78, 5) is 8.57. The molecule has 7 nitrogen and oxygen atoms in total. The molecule has 0 saturated carbocycles. The Kier molecular flexibility index (Phi) is 7.88. The molecule has 1 aliphatic heterocycles. The van der Waals surface area contributed by atoms with Gasteiger partial charge < -0.3 is 25.3 Å². The van der Waals surface area contributed by atoms with Gasteiger partial charge in [0.2, 0.25) is 5.88 Å². The Bertz CT molecular complexity index is 1060. The van der Waals surface area contributed by atoms with Crippen molar-refractivity contribution in [2.75, 3.05) is 18.5 Å². The number of fused-ring (bicyclic) bond motifs is 1. The van der Waals surface area contributed by atoms with E-state index in [1.54, 1.807) is 24.4 Å². The van der Waals surface area contributed by atoms with Gasteiger partial charge in [-0.25, -0.2) is 14.4 Å². The minimum atomic E-state index is -0.383. The molecule has 0 amide bonds. The third-order valence-electron chi connectivity index (χ3n) is 4.30. The lowest BCUT2D eigenvalue weighted by atomic mass is 10.2. The number of aliphatic imine (C=N–C) groups is 1. The fourth-order valence-corrected chi connectivity index (χ4v) is 2.88. The normalized spacial score (nSPS) is 13.0. The SMILES string of the molecule is I.NC(=NCc1cccnc1Oc1cccc(F)c1)Nc1ccc2c(c1)OCCCO2. The molecule has 9 heteroatoms. The number of halogens is 2. The lowest BCUT2D eigenvalue weighted by Crippen LogP contribution is -2.22. The summed E-state index contributed by atoms with van der Waals surface area (Å²) >= 11 is 0. The van der Waals surface area contributed by atoms with Gasteiger partial charge in [0.05, 0.1) is 19.8 Å². The summed E-state index contributed by atoms with van der Waals surface area (Å²) in [5.74, 6) is 1.93. The molecule has 2 heterocycles. The predicted molar refractivity (Wildman–Crippen MR) is 127 cm³/mol. The van der Waals surface area contributed by atoms with Crippen LogP contribution in [-0.2, 0) is 6.54 Å². The number of benzene rings is 2. The smallest absolute Gasteiger partial charge is 0.224 e. The highest BCUT2D eigenvalue weighted by atomic mass is 127. The van der Waals surface area contributed by atoms with Gasteiger partial charge in [-0.2, -0.15) is 0 Å². The van der Waals surface area contributed by atoms with Crippen LogP contribution >= 0.6 is 24.0 Å². The van der Waals surface area contributed by atoms with Crippen molar-refractivity contribution in [1.82, 2.24) is 4.98 Å². The van der Waals surface area contributed by atoms with Crippen molar-refractivity contribution in [3.8, 4) is 23.1 Å². The van der Waals surface area contributed by atoms with E-state index in [0.29, 0.717) is 41.9 Å². The molecule has 1 aromatic heterocycles. The van der Waals surface area contributed by atoms with E-state index in [4.69, 9.17) is 19.9 Å². The van der Waals surface area contributed by atoms with Gasteiger partial charge in [-0.1, -0.05) is 12.1 Å². The largest absolute Gasteiger partial charge is 0.490 e. The van der Waals surface area contributed by atoms with Crippen molar-refractivity contribution in [3.05, 3.63) is 72.2 Å². The molecule has 0 saturated heterocycles. The van der Waals surface area contributed by atoms with Crippen LogP contribution in [0, 0.1) is 5.82 Å². The number of nitrogens with two attached hydrogens (primary N) is 1. The van der Waals surface area contributed by atoms with Crippen LogP contribution in [0.15, 0.2) is 65.8 Å². The van der Waals surface area contributed by atoms with Gasteiger partial charge >= 0.3 is 0 Å². The van der Waals surface area contributed by atoms with Crippen LogP contribution in [-0.4, -0.2) is 24.2 Å². The van der Waals surface area contributed by atoms with Gasteiger partial charge in [0.1, 0.15) is 11.6 Å². The molecule has 1 aliphatic rings. The molecule has 0 unspecified atom stereocenters. The van der Waals surface area contributed by atoms with E-state index in [0.717, 1.165) is 12.1 Å². The van der Waals surface area contributed by atoms with Crippen molar-refractivity contribution in [2.24, 2.45) is 10.7 Å². The number of anilines is 1. The zero-order valence-corrected chi connectivity index (χ0v) is 18.9. The second-order valence-electron chi connectivity index (χ2n) is 6.57. The number of hydrogen-bond donors (Lipinski definition) is 2. The van der Waals surface area contributed by atoms with Crippen LogP contribution in [0.1, 0.15) is 12.0 Å². The lowest BCUT2D eigenvalue weighted by Gasteiger charge is -2.11. The number of guanidine groups is 1. The molecule has 0 radical (unpaired) electrons. The van der Waals surface area contributed by atoms with Crippen molar-refractivity contribution >= 4 is 35.6 Å². The summed E-state index contributed by atoms with van der Waals surface area (Å²) in [6.45, 7) is 1.48. The van der Waals surface area contributed by atoms with E-state index >= 15 is 0 Å². The Morgan fingerprint density at radius 2 is 1.94 bits per heavy atom. The summed E-state index contributed by atoms with van der Waals surface area (Å²) < 4.78 is 30.4. The monoisotopic (exact) mass is 536 g/mol. The molecule has 0 atom stereocenters. The first-order chi connectivity index (χ1) is 14.7. The summed E-state index contributed by atoms with van der Waals surface area (Å²) in [6, 6.07) is 15.0. The summed E-state index contributed by atoms with van der Waals surface area (Å²) in [7, 11) is 0. The number of nitrogens with one attached hydrogen (secondary N) is 1. The maximum absolute atomic E-state index is 13.4. The van der Waals surface area contributed by atoms with Crippen LogP contribution in [0.3, 0.4) is 0 Å². The van der Waals surface area contributed by atoms with E-state index in [1.807, 2.05) is 24.3 Å². The van der Waals surface area contributed by atoms with Crippen LogP contribution < -0.4 is 25.3 Å². The molecule has 0 fully saturated rings. The highest BCUT2D eigenvalue weighted by Crippen LogP contribution is 2.32. The minimum absolute atomic E-state index is 0. The lowest BCUT2D eigenvalue weighted by molar-refractivity contribution is 0.297. The van der Waals surface area contributed by atoms with E-state index in [2.05, 4.69) is 15.3 Å². The predicted octanol–water partition coefficient (Wildman–Crippen LogP) is 4.72. The Hall–Kier alpha value is -3.08. The fourth-order valence-electron chi connectivity index (χ4n) is 2.88. The van der Waals surface area contributed by atoms with E-state index in [9.17, 15) is 4.39 Å². The van der Waals surface area contributed by atoms with Crippen LogP contribution in [0.2, 0.25) is 0 Å². The first kappa shape index (κ1) is 22.6. The van der Waals surface area contributed by atoms with Crippen molar-refractivity contribution in [1.29, 1.82) is 0 Å². The molecule has 0 bridgehead atoms. The average Bonchev–Trinajstić information content (AvgIpc) is 2.98. The number of ether oxygens (including phenoxy) is 3. The Balaban J connectivity index is 0.00000272. The summed E-state index contributed by atoms with van der Waals surface area (Å²) in [5, 5.41) is 3.04. The molecular weight excluding hydrogens is 514 g/mol. The van der Waals surface area contributed by atoms with Gasteiger partial charge in [0.25, 0.3) is 0 Å². The Morgan fingerprint density at radius 3 is 2.77 bits per heavy atom. The van der Waals surface area contributed by atoms with Crippen LogP contribution in [0.4, 0.5) is 10.1 Å². The van der Waals surface area contributed by atoms with Gasteiger partial charge in [-0.3, -0.25) is 0 Å². The quantitative estimate of drug-likeness (QED) is 0.279. The molecule has 3 aromatic rings. The Morgan fingerprint density at radius 1 is 1.10 bits per heavy atom. The minimum Gasteiger partial charge on any atom is -0.490 e. The van der Waals surface area contributed by atoms with Crippen LogP contribution in [0.5, 0.6) is 23.1 Å². The van der Waals surface area contributed by atoms with Gasteiger partial charge in [0, 0.05) is 36.0 Å². The van der Waals surface area contributed by atoms with Crippen molar-refractivity contribution in [3.63, 3.8) is 0 Å².